The number of rotatable bonds is 5. The summed E-state index contributed by atoms with van der Waals surface area (Å²) in [5.74, 6) is 0.678. The van der Waals surface area contributed by atoms with Gasteiger partial charge in [0.05, 0.1) is 11.0 Å². The maximum atomic E-state index is 12.4. The van der Waals surface area contributed by atoms with E-state index in [0.717, 1.165) is 42.8 Å². The number of piperidine rings is 1. The number of hydrogen-bond donors (Lipinski definition) is 2. The van der Waals surface area contributed by atoms with Gasteiger partial charge in [0, 0.05) is 17.8 Å². The number of fused-ring (bicyclic) bond motifs is 1. The van der Waals surface area contributed by atoms with E-state index in [9.17, 15) is 4.79 Å². The zero-order chi connectivity index (χ0) is 17.8. The number of imidazole rings is 1. The Morgan fingerprint density at radius 1 is 1.19 bits per heavy atom. The molecule has 2 heterocycles. The van der Waals surface area contributed by atoms with Crippen molar-refractivity contribution in [3.05, 3.63) is 60.4 Å². The van der Waals surface area contributed by atoms with Gasteiger partial charge in [0.1, 0.15) is 6.33 Å². The molecule has 4 rings (SSSR count). The van der Waals surface area contributed by atoms with E-state index in [0.29, 0.717) is 11.5 Å². The number of benzene rings is 2. The smallest absolute Gasteiger partial charge is 0.251 e. The van der Waals surface area contributed by atoms with Gasteiger partial charge in [0.25, 0.3) is 5.91 Å². The molecule has 1 saturated heterocycles. The second kappa shape index (κ2) is 7.70. The lowest BCUT2D eigenvalue weighted by molar-refractivity contribution is 0.0950. The highest BCUT2D eigenvalue weighted by atomic mass is 16.1. The highest BCUT2D eigenvalue weighted by Crippen LogP contribution is 2.18. The zero-order valence-corrected chi connectivity index (χ0v) is 14.8. The van der Waals surface area contributed by atoms with Gasteiger partial charge >= 0.3 is 0 Å². The van der Waals surface area contributed by atoms with Crippen molar-refractivity contribution in [1.29, 1.82) is 0 Å². The second-order valence-corrected chi connectivity index (χ2v) is 6.91. The van der Waals surface area contributed by atoms with Crippen LogP contribution in [0.15, 0.2) is 54.9 Å². The minimum Gasteiger partial charge on any atom is -0.352 e. The summed E-state index contributed by atoms with van der Waals surface area (Å²) in [4.78, 5) is 16.8. The first-order chi connectivity index (χ1) is 12.8. The molecule has 2 N–H and O–H groups in total. The largest absolute Gasteiger partial charge is 0.352 e. The molecule has 0 spiro atoms. The Kier molecular flexibility index (Phi) is 4.97. The first-order valence-corrected chi connectivity index (χ1v) is 9.33. The van der Waals surface area contributed by atoms with Crippen molar-refractivity contribution in [2.24, 2.45) is 5.92 Å². The van der Waals surface area contributed by atoms with Crippen LogP contribution in [0.2, 0.25) is 0 Å². The van der Waals surface area contributed by atoms with Crippen LogP contribution in [-0.2, 0) is 0 Å². The lowest BCUT2D eigenvalue weighted by Gasteiger charge is -2.22. The number of nitrogens with zero attached hydrogens (tertiary/aromatic N) is 2. The summed E-state index contributed by atoms with van der Waals surface area (Å²) in [6.07, 6.45) is 5.36. The number of carbonyl (C=O) groups is 1. The number of para-hydroxylation sites is 2. The fraction of sp³-hybridized carbons (Fsp3) is 0.333. The molecule has 0 radical (unpaired) electrons. The van der Waals surface area contributed by atoms with Crippen LogP contribution < -0.4 is 10.6 Å². The Labute approximate surface area is 153 Å². The SMILES string of the molecule is O=C(NCCC1CCCNC1)c1ccc(-n2cnc3ccccc32)cc1. The Bertz CT molecular complexity index is 878. The van der Waals surface area contributed by atoms with Crippen molar-refractivity contribution in [3.8, 4) is 5.69 Å². The van der Waals surface area contributed by atoms with Crippen molar-refractivity contribution in [1.82, 2.24) is 20.2 Å². The lowest BCUT2D eigenvalue weighted by atomic mass is 9.96. The molecule has 134 valence electrons. The van der Waals surface area contributed by atoms with E-state index in [4.69, 9.17) is 0 Å². The second-order valence-electron chi connectivity index (χ2n) is 6.91. The highest BCUT2D eigenvalue weighted by molar-refractivity contribution is 5.94. The maximum Gasteiger partial charge on any atom is 0.251 e. The topological polar surface area (TPSA) is 59.0 Å². The number of amides is 1. The van der Waals surface area contributed by atoms with Gasteiger partial charge < -0.3 is 10.6 Å². The summed E-state index contributed by atoms with van der Waals surface area (Å²) in [6, 6.07) is 15.7. The third-order valence-corrected chi connectivity index (χ3v) is 5.10. The Morgan fingerprint density at radius 2 is 2.04 bits per heavy atom. The van der Waals surface area contributed by atoms with Crippen LogP contribution in [0.4, 0.5) is 0 Å². The summed E-state index contributed by atoms with van der Waals surface area (Å²) < 4.78 is 2.03. The summed E-state index contributed by atoms with van der Waals surface area (Å²) in [6.45, 7) is 2.93. The van der Waals surface area contributed by atoms with E-state index in [1.165, 1.54) is 12.8 Å². The Hall–Kier alpha value is -2.66. The molecule has 0 saturated carbocycles. The van der Waals surface area contributed by atoms with E-state index in [-0.39, 0.29) is 5.91 Å². The summed E-state index contributed by atoms with van der Waals surface area (Å²) in [5.41, 5.74) is 3.72. The van der Waals surface area contributed by atoms with Crippen LogP contribution in [0.25, 0.3) is 16.7 Å². The normalized spacial score (nSPS) is 17.3. The Balaban J connectivity index is 1.38. The van der Waals surface area contributed by atoms with Crippen molar-refractivity contribution in [3.63, 3.8) is 0 Å². The van der Waals surface area contributed by atoms with Gasteiger partial charge in [0.15, 0.2) is 0 Å². The van der Waals surface area contributed by atoms with E-state index < -0.39 is 0 Å². The summed E-state index contributed by atoms with van der Waals surface area (Å²) >= 11 is 0. The molecule has 0 bridgehead atoms. The predicted octanol–water partition coefficient (Wildman–Crippen LogP) is 3.15. The molecule has 0 aliphatic carbocycles. The molecule has 1 aliphatic heterocycles. The molecule has 3 aromatic rings. The summed E-state index contributed by atoms with van der Waals surface area (Å²) in [7, 11) is 0. The van der Waals surface area contributed by atoms with Crippen LogP contribution in [0.1, 0.15) is 29.6 Å². The van der Waals surface area contributed by atoms with E-state index >= 15 is 0 Å². The average molecular weight is 348 g/mol. The van der Waals surface area contributed by atoms with Gasteiger partial charge in [-0.3, -0.25) is 9.36 Å². The quantitative estimate of drug-likeness (QED) is 0.745. The number of aromatic nitrogens is 2. The van der Waals surface area contributed by atoms with Gasteiger partial charge in [0.2, 0.25) is 0 Å². The third-order valence-electron chi connectivity index (χ3n) is 5.10. The molecule has 1 aromatic heterocycles. The van der Waals surface area contributed by atoms with E-state index in [2.05, 4.69) is 15.6 Å². The molecule has 26 heavy (non-hydrogen) atoms. The van der Waals surface area contributed by atoms with Gasteiger partial charge in [-0.1, -0.05) is 12.1 Å². The van der Waals surface area contributed by atoms with E-state index in [1.807, 2.05) is 59.4 Å². The van der Waals surface area contributed by atoms with Crippen molar-refractivity contribution >= 4 is 16.9 Å². The van der Waals surface area contributed by atoms with Gasteiger partial charge in [-0.05, 0) is 74.7 Å². The van der Waals surface area contributed by atoms with Crippen molar-refractivity contribution < 1.29 is 4.79 Å². The lowest BCUT2D eigenvalue weighted by Crippen LogP contribution is -2.33. The fourth-order valence-corrected chi connectivity index (χ4v) is 3.60. The number of carbonyl (C=O) groups excluding carboxylic acids is 1. The van der Waals surface area contributed by atoms with E-state index in [1.54, 1.807) is 0 Å². The third kappa shape index (κ3) is 3.63. The fourth-order valence-electron chi connectivity index (χ4n) is 3.60. The van der Waals surface area contributed by atoms with Crippen LogP contribution >= 0.6 is 0 Å². The monoisotopic (exact) mass is 348 g/mol. The van der Waals surface area contributed by atoms with Crippen LogP contribution in [0.3, 0.4) is 0 Å². The van der Waals surface area contributed by atoms with Gasteiger partial charge in [-0.25, -0.2) is 4.98 Å². The molecule has 2 aromatic carbocycles. The van der Waals surface area contributed by atoms with Crippen LogP contribution in [0.5, 0.6) is 0 Å². The van der Waals surface area contributed by atoms with Gasteiger partial charge in [-0.2, -0.15) is 0 Å². The molecule has 1 atom stereocenters. The predicted molar refractivity (Wildman–Crippen MR) is 104 cm³/mol. The minimum atomic E-state index is -0.00388. The first kappa shape index (κ1) is 16.8. The molecule has 1 unspecified atom stereocenters. The minimum absolute atomic E-state index is 0.00388. The van der Waals surface area contributed by atoms with Crippen LogP contribution in [0, 0.1) is 5.92 Å². The summed E-state index contributed by atoms with van der Waals surface area (Å²) in [5, 5.41) is 6.46. The first-order valence-electron chi connectivity index (χ1n) is 9.33. The van der Waals surface area contributed by atoms with Crippen molar-refractivity contribution in [2.45, 2.75) is 19.3 Å². The average Bonchev–Trinajstić information content (AvgIpc) is 3.13. The standard InChI is InChI=1S/C21H24N4O/c26-21(23-13-11-16-4-3-12-22-14-16)17-7-9-18(10-8-17)25-15-24-19-5-1-2-6-20(19)25/h1-2,5-10,15-16,22H,3-4,11-14H2,(H,23,26). The number of hydrogen-bond acceptors (Lipinski definition) is 3. The maximum absolute atomic E-state index is 12.4. The molecule has 5 heteroatoms. The molecule has 5 nitrogen and oxygen atoms in total. The molecular weight excluding hydrogens is 324 g/mol. The Morgan fingerprint density at radius 3 is 2.85 bits per heavy atom. The van der Waals surface area contributed by atoms with Crippen molar-refractivity contribution in [2.75, 3.05) is 19.6 Å². The zero-order valence-electron chi connectivity index (χ0n) is 14.8. The molecule has 1 fully saturated rings. The highest BCUT2D eigenvalue weighted by Gasteiger charge is 2.13. The molecular formula is C21H24N4O. The number of nitrogens with one attached hydrogen (secondary N) is 2. The van der Waals surface area contributed by atoms with Gasteiger partial charge in [-0.15, -0.1) is 0 Å². The van der Waals surface area contributed by atoms with Crippen LogP contribution in [-0.4, -0.2) is 35.1 Å². The molecule has 1 aliphatic rings. The molecule has 1 amide bonds.